The normalized spacial score (nSPS) is 28.4. The molecule has 1 saturated heterocycles. The number of hydrogen-bond donors (Lipinski definition) is 0. The fourth-order valence-corrected chi connectivity index (χ4v) is 1.07. The molecule has 0 radical (unpaired) electrons. The first-order valence-electron chi connectivity index (χ1n) is 2.58. The molecule has 2 nitrogen and oxygen atoms in total. The average molecular weight is 179 g/mol. The summed E-state index contributed by atoms with van der Waals surface area (Å²) >= 11 is 2.88. The highest BCUT2D eigenvalue weighted by atomic mass is 79.9. The molecule has 0 N–H and O–H groups in total. The second-order valence-corrected chi connectivity index (χ2v) is 2.65. The fourth-order valence-electron chi connectivity index (χ4n) is 0.714. The van der Waals surface area contributed by atoms with Crippen LogP contribution in [0.2, 0.25) is 0 Å². The zero-order chi connectivity index (χ0) is 5.98. The van der Waals surface area contributed by atoms with Gasteiger partial charge in [-0.1, -0.05) is 0 Å². The summed E-state index contributed by atoms with van der Waals surface area (Å²) in [6, 6.07) is 0. The van der Waals surface area contributed by atoms with Crippen LogP contribution in [-0.4, -0.2) is 17.9 Å². The van der Waals surface area contributed by atoms with Gasteiger partial charge in [0.1, 0.15) is 0 Å². The first-order chi connectivity index (χ1) is 3.80. The lowest BCUT2D eigenvalue weighted by atomic mass is 10.1. The van der Waals surface area contributed by atoms with Gasteiger partial charge in [0.15, 0.2) is 0 Å². The molecule has 46 valence electrons. The highest BCUT2D eigenvalue weighted by molar-refractivity contribution is 9.18. The Kier molecular flexibility index (Phi) is 2.02. The molecule has 0 aromatic heterocycles. The molecule has 1 aliphatic heterocycles. The Balaban J connectivity index is 2.35. The molecule has 0 aromatic carbocycles. The quantitative estimate of drug-likeness (QED) is 0.560. The molecular formula is C5H7BrO2. The van der Waals surface area contributed by atoms with Crippen LogP contribution in [0.3, 0.4) is 0 Å². The minimum atomic E-state index is 0.0787. The van der Waals surface area contributed by atoms with Crippen molar-refractivity contribution in [3.8, 4) is 0 Å². The Morgan fingerprint density at radius 2 is 2.50 bits per heavy atom. The third kappa shape index (κ3) is 1.29. The standard InChI is InChI=1S/C5H7BrO2/c6-5(7)4-1-2-8-3-4/h4H,1-3H2. The van der Waals surface area contributed by atoms with E-state index in [1.165, 1.54) is 0 Å². The van der Waals surface area contributed by atoms with Gasteiger partial charge in [-0.15, -0.1) is 0 Å². The fraction of sp³-hybridized carbons (Fsp3) is 0.800. The maximum absolute atomic E-state index is 10.5. The van der Waals surface area contributed by atoms with Crippen LogP contribution in [0.4, 0.5) is 0 Å². The van der Waals surface area contributed by atoms with Crippen LogP contribution in [-0.2, 0) is 9.53 Å². The number of halogens is 1. The van der Waals surface area contributed by atoms with Gasteiger partial charge in [-0.2, -0.15) is 0 Å². The Morgan fingerprint density at radius 3 is 2.75 bits per heavy atom. The molecule has 1 atom stereocenters. The Bertz CT molecular complexity index is 96.6. The highest BCUT2D eigenvalue weighted by Gasteiger charge is 2.20. The summed E-state index contributed by atoms with van der Waals surface area (Å²) in [5.74, 6) is 0.120. The third-order valence-corrected chi connectivity index (χ3v) is 1.90. The second-order valence-electron chi connectivity index (χ2n) is 1.86. The van der Waals surface area contributed by atoms with E-state index in [-0.39, 0.29) is 10.6 Å². The Hall–Kier alpha value is 0.110. The van der Waals surface area contributed by atoms with Gasteiger partial charge >= 0.3 is 0 Å². The van der Waals surface area contributed by atoms with Crippen LogP contribution >= 0.6 is 15.9 Å². The molecule has 0 bridgehead atoms. The SMILES string of the molecule is O=C(Br)C1CCOC1. The predicted molar refractivity (Wildman–Crippen MR) is 32.9 cm³/mol. The van der Waals surface area contributed by atoms with Crippen molar-refractivity contribution in [3.63, 3.8) is 0 Å². The summed E-state index contributed by atoms with van der Waals surface area (Å²) in [4.78, 5) is 10.5. The second kappa shape index (κ2) is 2.60. The zero-order valence-corrected chi connectivity index (χ0v) is 5.98. The zero-order valence-electron chi connectivity index (χ0n) is 4.39. The van der Waals surface area contributed by atoms with Gasteiger partial charge in [-0.25, -0.2) is 0 Å². The molecule has 3 heteroatoms. The molecule has 1 heterocycles. The Labute approximate surface area is 56.3 Å². The maximum atomic E-state index is 10.5. The van der Waals surface area contributed by atoms with Crippen LogP contribution < -0.4 is 0 Å². The minimum Gasteiger partial charge on any atom is -0.381 e. The van der Waals surface area contributed by atoms with Crippen LogP contribution in [0, 0.1) is 5.92 Å². The third-order valence-electron chi connectivity index (χ3n) is 1.25. The largest absolute Gasteiger partial charge is 0.381 e. The van der Waals surface area contributed by atoms with Crippen molar-refractivity contribution >= 4 is 20.6 Å². The molecule has 1 rings (SSSR count). The van der Waals surface area contributed by atoms with Gasteiger partial charge in [0.05, 0.1) is 12.5 Å². The number of carbonyl (C=O) groups is 1. The van der Waals surface area contributed by atoms with Crippen LogP contribution in [0.15, 0.2) is 0 Å². The summed E-state index contributed by atoms with van der Waals surface area (Å²) in [7, 11) is 0. The van der Waals surface area contributed by atoms with Gasteiger partial charge in [0, 0.05) is 6.61 Å². The summed E-state index contributed by atoms with van der Waals surface area (Å²) in [5.41, 5.74) is 0. The molecule has 1 fully saturated rings. The van der Waals surface area contributed by atoms with Crippen molar-refractivity contribution in [1.82, 2.24) is 0 Å². The summed E-state index contributed by atoms with van der Waals surface area (Å²) in [5, 5.41) is 0. The van der Waals surface area contributed by atoms with Crippen molar-refractivity contribution in [1.29, 1.82) is 0 Å². The summed E-state index contributed by atoms with van der Waals surface area (Å²) < 4.78 is 5.05. The maximum Gasteiger partial charge on any atom is 0.203 e. The molecule has 0 amide bonds. The molecule has 0 spiro atoms. The smallest absolute Gasteiger partial charge is 0.203 e. The van der Waals surface area contributed by atoms with E-state index >= 15 is 0 Å². The lowest BCUT2D eigenvalue weighted by Gasteiger charge is -1.95. The van der Waals surface area contributed by atoms with E-state index in [1.807, 2.05) is 0 Å². The molecule has 0 aromatic rings. The first kappa shape index (κ1) is 6.23. The monoisotopic (exact) mass is 178 g/mol. The lowest BCUT2D eigenvalue weighted by Crippen LogP contribution is -2.06. The number of ether oxygens (including phenoxy) is 1. The van der Waals surface area contributed by atoms with Crippen LogP contribution in [0.1, 0.15) is 6.42 Å². The van der Waals surface area contributed by atoms with Crippen molar-refractivity contribution in [2.45, 2.75) is 6.42 Å². The van der Waals surface area contributed by atoms with E-state index in [2.05, 4.69) is 15.9 Å². The van der Waals surface area contributed by atoms with E-state index in [0.29, 0.717) is 6.61 Å². The molecule has 0 saturated carbocycles. The summed E-state index contributed by atoms with van der Waals surface area (Å²) in [6.45, 7) is 1.34. The van der Waals surface area contributed by atoms with Crippen LogP contribution in [0.25, 0.3) is 0 Å². The van der Waals surface area contributed by atoms with E-state index in [4.69, 9.17) is 4.74 Å². The van der Waals surface area contributed by atoms with Crippen molar-refractivity contribution in [3.05, 3.63) is 0 Å². The molecular weight excluding hydrogens is 172 g/mol. The lowest BCUT2D eigenvalue weighted by molar-refractivity contribution is -0.113. The van der Waals surface area contributed by atoms with E-state index in [1.54, 1.807) is 0 Å². The number of carbonyl (C=O) groups excluding carboxylic acids is 1. The topological polar surface area (TPSA) is 26.3 Å². The molecule has 8 heavy (non-hydrogen) atoms. The Morgan fingerprint density at radius 1 is 1.75 bits per heavy atom. The van der Waals surface area contributed by atoms with Gasteiger partial charge in [-0.05, 0) is 22.4 Å². The summed E-state index contributed by atoms with van der Waals surface area (Å²) in [6.07, 6.45) is 0.879. The van der Waals surface area contributed by atoms with Gasteiger partial charge in [0.25, 0.3) is 0 Å². The average Bonchev–Trinajstić information content (AvgIpc) is 2.12. The van der Waals surface area contributed by atoms with Crippen molar-refractivity contribution < 1.29 is 9.53 Å². The van der Waals surface area contributed by atoms with Crippen LogP contribution in [0.5, 0.6) is 0 Å². The van der Waals surface area contributed by atoms with Gasteiger partial charge in [-0.3, -0.25) is 4.79 Å². The molecule has 0 aliphatic carbocycles. The van der Waals surface area contributed by atoms with Crippen molar-refractivity contribution in [2.75, 3.05) is 13.2 Å². The van der Waals surface area contributed by atoms with Gasteiger partial charge in [0.2, 0.25) is 4.69 Å². The van der Waals surface area contributed by atoms with E-state index in [0.717, 1.165) is 13.0 Å². The number of rotatable bonds is 1. The predicted octanol–water partition coefficient (Wildman–Crippen LogP) is 0.944. The minimum absolute atomic E-state index is 0.0787. The highest BCUT2D eigenvalue weighted by Crippen LogP contribution is 2.15. The van der Waals surface area contributed by atoms with Crippen molar-refractivity contribution in [2.24, 2.45) is 5.92 Å². The number of hydrogen-bond acceptors (Lipinski definition) is 2. The molecule has 1 aliphatic rings. The van der Waals surface area contributed by atoms with Gasteiger partial charge < -0.3 is 4.74 Å². The first-order valence-corrected chi connectivity index (χ1v) is 3.37. The molecule has 1 unspecified atom stereocenters. The van der Waals surface area contributed by atoms with E-state index in [9.17, 15) is 4.79 Å². The van der Waals surface area contributed by atoms with E-state index < -0.39 is 0 Å².